The molecule has 0 amide bonds. The van der Waals surface area contributed by atoms with Gasteiger partial charge in [-0.3, -0.25) is 4.79 Å². The highest BCUT2D eigenvalue weighted by Gasteiger charge is 2.06. The number of nitrogens with one attached hydrogen (secondary N) is 1. The topological polar surface area (TPSA) is 36.1 Å². The SMILES string of the molecule is CCCCN(CCCC)CCCCc1cc2ccccc2[nH]c1=O. The van der Waals surface area contributed by atoms with Crippen molar-refractivity contribution >= 4 is 10.9 Å². The fraction of sp³-hybridized carbons (Fsp3) is 0.571. The van der Waals surface area contributed by atoms with Crippen LogP contribution in [0.15, 0.2) is 35.1 Å². The second-order valence-electron chi connectivity index (χ2n) is 6.72. The molecule has 1 N–H and O–H groups in total. The standard InChI is InChI=1S/C21H32N2O/c1-3-5-14-23(15-6-4-2)16-10-9-12-19-17-18-11-7-8-13-20(18)22-21(19)24/h7-8,11,13,17H,3-6,9-10,12,14-16H2,1-2H3,(H,22,24). The predicted octanol–water partition coefficient (Wildman–Crippen LogP) is 4.75. The molecular formula is C21H32N2O. The van der Waals surface area contributed by atoms with Crippen LogP contribution in [-0.4, -0.2) is 29.5 Å². The van der Waals surface area contributed by atoms with Crippen molar-refractivity contribution in [2.75, 3.05) is 19.6 Å². The van der Waals surface area contributed by atoms with Crippen molar-refractivity contribution in [2.24, 2.45) is 0 Å². The van der Waals surface area contributed by atoms with Gasteiger partial charge in [-0.25, -0.2) is 0 Å². The Morgan fingerprint density at radius 2 is 1.58 bits per heavy atom. The van der Waals surface area contributed by atoms with Gasteiger partial charge in [0.15, 0.2) is 0 Å². The minimum atomic E-state index is 0.0718. The summed E-state index contributed by atoms with van der Waals surface area (Å²) in [6.07, 6.45) is 8.21. The zero-order valence-electron chi connectivity index (χ0n) is 15.3. The molecule has 0 spiro atoms. The second-order valence-corrected chi connectivity index (χ2v) is 6.72. The first-order valence-corrected chi connectivity index (χ1v) is 9.58. The lowest BCUT2D eigenvalue weighted by Gasteiger charge is -2.21. The minimum absolute atomic E-state index is 0.0718. The van der Waals surface area contributed by atoms with Gasteiger partial charge in [-0.15, -0.1) is 0 Å². The van der Waals surface area contributed by atoms with E-state index in [1.165, 1.54) is 45.2 Å². The summed E-state index contributed by atoms with van der Waals surface area (Å²) in [4.78, 5) is 17.8. The normalized spacial score (nSPS) is 11.5. The zero-order valence-corrected chi connectivity index (χ0v) is 15.3. The zero-order chi connectivity index (χ0) is 17.2. The number of para-hydroxylation sites is 1. The van der Waals surface area contributed by atoms with Crippen LogP contribution in [0.5, 0.6) is 0 Å². The lowest BCUT2D eigenvalue weighted by atomic mass is 10.1. The second kappa shape index (κ2) is 10.3. The van der Waals surface area contributed by atoms with Gasteiger partial charge >= 0.3 is 0 Å². The number of rotatable bonds is 11. The molecule has 0 radical (unpaired) electrons. The number of unbranched alkanes of at least 4 members (excludes halogenated alkanes) is 3. The Morgan fingerprint density at radius 1 is 0.917 bits per heavy atom. The molecule has 0 aliphatic carbocycles. The Balaban J connectivity index is 1.84. The van der Waals surface area contributed by atoms with Crippen LogP contribution in [0.3, 0.4) is 0 Å². The van der Waals surface area contributed by atoms with Crippen LogP contribution in [0, 0.1) is 0 Å². The molecule has 1 aromatic heterocycles. The number of H-pyrrole nitrogens is 1. The number of aromatic amines is 1. The van der Waals surface area contributed by atoms with Gasteiger partial charge in [0, 0.05) is 11.1 Å². The maximum atomic E-state index is 12.2. The molecule has 0 atom stereocenters. The van der Waals surface area contributed by atoms with Gasteiger partial charge in [-0.1, -0.05) is 44.9 Å². The van der Waals surface area contributed by atoms with Gasteiger partial charge in [0.05, 0.1) is 0 Å². The molecule has 0 fully saturated rings. The molecule has 1 aromatic carbocycles. The molecule has 3 heteroatoms. The number of aromatic nitrogens is 1. The summed E-state index contributed by atoms with van der Waals surface area (Å²) in [5.41, 5.74) is 1.92. The molecule has 132 valence electrons. The van der Waals surface area contributed by atoms with Crippen LogP contribution in [0.4, 0.5) is 0 Å². The molecule has 0 aliphatic heterocycles. The van der Waals surface area contributed by atoms with Crippen molar-refractivity contribution in [3.63, 3.8) is 0 Å². The number of aryl methyl sites for hydroxylation is 1. The number of hydrogen-bond donors (Lipinski definition) is 1. The van der Waals surface area contributed by atoms with E-state index < -0.39 is 0 Å². The van der Waals surface area contributed by atoms with Gasteiger partial charge < -0.3 is 9.88 Å². The third-order valence-electron chi connectivity index (χ3n) is 4.66. The Kier molecular flexibility index (Phi) is 8.03. The third kappa shape index (κ3) is 5.79. The maximum absolute atomic E-state index is 12.2. The van der Waals surface area contributed by atoms with Crippen LogP contribution in [-0.2, 0) is 6.42 Å². The summed E-state index contributed by atoms with van der Waals surface area (Å²) < 4.78 is 0. The largest absolute Gasteiger partial charge is 0.322 e. The number of nitrogens with zero attached hydrogens (tertiary/aromatic N) is 1. The molecule has 0 aliphatic rings. The van der Waals surface area contributed by atoms with Crippen molar-refractivity contribution in [1.82, 2.24) is 9.88 Å². The maximum Gasteiger partial charge on any atom is 0.251 e. The lowest BCUT2D eigenvalue weighted by Crippen LogP contribution is -2.27. The van der Waals surface area contributed by atoms with Crippen molar-refractivity contribution in [3.8, 4) is 0 Å². The molecule has 3 nitrogen and oxygen atoms in total. The van der Waals surface area contributed by atoms with Gasteiger partial charge in [-0.2, -0.15) is 0 Å². The molecule has 1 heterocycles. The highest BCUT2D eigenvalue weighted by atomic mass is 16.1. The highest BCUT2D eigenvalue weighted by Crippen LogP contribution is 2.12. The summed E-state index contributed by atoms with van der Waals surface area (Å²) in [6, 6.07) is 10.1. The Bertz CT molecular complexity index is 654. The van der Waals surface area contributed by atoms with Crippen LogP contribution in [0.1, 0.15) is 57.9 Å². The first-order valence-electron chi connectivity index (χ1n) is 9.58. The average Bonchev–Trinajstić information content (AvgIpc) is 2.60. The minimum Gasteiger partial charge on any atom is -0.322 e. The molecule has 2 aromatic rings. The van der Waals surface area contributed by atoms with Gasteiger partial charge in [0.2, 0.25) is 0 Å². The first kappa shape index (κ1) is 18.7. The van der Waals surface area contributed by atoms with E-state index in [4.69, 9.17) is 0 Å². The van der Waals surface area contributed by atoms with E-state index in [-0.39, 0.29) is 5.56 Å². The fourth-order valence-corrected chi connectivity index (χ4v) is 3.13. The summed E-state index contributed by atoms with van der Waals surface area (Å²) in [5.74, 6) is 0. The van der Waals surface area contributed by atoms with Crippen LogP contribution in [0.25, 0.3) is 10.9 Å². The highest BCUT2D eigenvalue weighted by molar-refractivity contribution is 5.78. The van der Waals surface area contributed by atoms with E-state index in [9.17, 15) is 4.79 Å². The quantitative estimate of drug-likeness (QED) is 0.604. The van der Waals surface area contributed by atoms with Gasteiger partial charge in [0.1, 0.15) is 0 Å². The monoisotopic (exact) mass is 328 g/mol. The van der Waals surface area contributed by atoms with Gasteiger partial charge in [0.25, 0.3) is 5.56 Å². The molecule has 0 saturated heterocycles. The Labute approximate surface area is 146 Å². The lowest BCUT2D eigenvalue weighted by molar-refractivity contribution is 0.260. The molecule has 2 rings (SSSR count). The van der Waals surface area contributed by atoms with Crippen molar-refractivity contribution < 1.29 is 0 Å². The van der Waals surface area contributed by atoms with E-state index in [0.717, 1.165) is 35.9 Å². The summed E-state index contributed by atoms with van der Waals surface area (Å²) >= 11 is 0. The third-order valence-corrected chi connectivity index (χ3v) is 4.66. The molecular weight excluding hydrogens is 296 g/mol. The number of benzene rings is 1. The summed E-state index contributed by atoms with van der Waals surface area (Å²) in [5, 5.41) is 1.12. The van der Waals surface area contributed by atoms with E-state index >= 15 is 0 Å². The number of hydrogen-bond acceptors (Lipinski definition) is 2. The average molecular weight is 328 g/mol. The van der Waals surface area contributed by atoms with Crippen LogP contribution in [0.2, 0.25) is 0 Å². The molecule has 0 bridgehead atoms. The smallest absolute Gasteiger partial charge is 0.251 e. The number of fused-ring (bicyclic) bond motifs is 1. The summed E-state index contributed by atoms with van der Waals surface area (Å²) in [6.45, 7) is 8.10. The summed E-state index contributed by atoms with van der Waals surface area (Å²) in [7, 11) is 0. The molecule has 24 heavy (non-hydrogen) atoms. The van der Waals surface area contributed by atoms with E-state index in [1.54, 1.807) is 0 Å². The van der Waals surface area contributed by atoms with Gasteiger partial charge in [-0.05, 0) is 69.3 Å². The molecule has 0 saturated carbocycles. The fourth-order valence-electron chi connectivity index (χ4n) is 3.13. The van der Waals surface area contributed by atoms with Crippen molar-refractivity contribution in [2.45, 2.75) is 58.8 Å². The Hall–Kier alpha value is -1.61. The van der Waals surface area contributed by atoms with E-state index in [2.05, 4.69) is 35.9 Å². The van der Waals surface area contributed by atoms with Crippen molar-refractivity contribution in [3.05, 3.63) is 46.2 Å². The Morgan fingerprint density at radius 3 is 2.29 bits per heavy atom. The van der Waals surface area contributed by atoms with Crippen molar-refractivity contribution in [1.29, 1.82) is 0 Å². The predicted molar refractivity (Wildman–Crippen MR) is 104 cm³/mol. The van der Waals surface area contributed by atoms with E-state index in [1.807, 2.05) is 18.2 Å². The van der Waals surface area contributed by atoms with E-state index in [0.29, 0.717) is 0 Å². The van der Waals surface area contributed by atoms with Crippen LogP contribution >= 0.6 is 0 Å². The van der Waals surface area contributed by atoms with Crippen LogP contribution < -0.4 is 5.56 Å². The first-order chi connectivity index (χ1) is 11.7. The number of pyridine rings is 1. The molecule has 0 unspecified atom stereocenters.